The summed E-state index contributed by atoms with van der Waals surface area (Å²) in [5.74, 6) is 0.988. The molecule has 1 saturated heterocycles. The molecule has 1 aromatic carbocycles. The Morgan fingerprint density at radius 1 is 1.07 bits per heavy atom. The van der Waals surface area contributed by atoms with E-state index in [1.54, 1.807) is 23.3 Å². The summed E-state index contributed by atoms with van der Waals surface area (Å²) in [5, 5.41) is 0. The molecule has 4 rings (SSSR count). The molecule has 0 spiro atoms. The molecule has 6 nitrogen and oxygen atoms in total. The van der Waals surface area contributed by atoms with Crippen LogP contribution < -0.4 is 0 Å². The Balaban J connectivity index is 1.36. The zero-order valence-electron chi connectivity index (χ0n) is 15.1. The van der Waals surface area contributed by atoms with E-state index >= 15 is 0 Å². The molecule has 0 N–H and O–H groups in total. The summed E-state index contributed by atoms with van der Waals surface area (Å²) in [6.45, 7) is 1.86. The van der Waals surface area contributed by atoms with Crippen LogP contribution in [0.15, 0.2) is 58.7 Å². The van der Waals surface area contributed by atoms with Crippen LogP contribution in [0.4, 0.5) is 0 Å². The molecule has 0 saturated carbocycles. The maximum absolute atomic E-state index is 12.8. The SMILES string of the molecule is O=C(C1=CN2CCS(=O)(=O)N=C2C=C1)N1CCC(Cc2ccccc2)CC1. The van der Waals surface area contributed by atoms with Crippen LogP contribution in [-0.4, -0.2) is 55.3 Å². The van der Waals surface area contributed by atoms with Gasteiger partial charge in [-0.3, -0.25) is 4.79 Å². The molecule has 0 atom stereocenters. The summed E-state index contributed by atoms with van der Waals surface area (Å²) in [6.07, 6.45) is 8.10. The molecule has 3 aliphatic rings. The normalized spacial score (nSPS) is 22.1. The van der Waals surface area contributed by atoms with Crippen molar-refractivity contribution in [1.29, 1.82) is 0 Å². The number of hydrogen-bond donors (Lipinski definition) is 0. The minimum absolute atomic E-state index is 0.0110. The van der Waals surface area contributed by atoms with Crippen molar-refractivity contribution in [1.82, 2.24) is 9.80 Å². The highest BCUT2D eigenvalue weighted by Crippen LogP contribution is 2.24. The van der Waals surface area contributed by atoms with E-state index in [0.29, 0.717) is 23.9 Å². The Kier molecular flexibility index (Phi) is 4.86. The number of carbonyl (C=O) groups is 1. The number of nitrogens with zero attached hydrogens (tertiary/aromatic N) is 3. The third-order valence-electron chi connectivity index (χ3n) is 5.34. The van der Waals surface area contributed by atoms with Gasteiger partial charge in [-0.25, -0.2) is 8.42 Å². The van der Waals surface area contributed by atoms with Crippen molar-refractivity contribution in [2.45, 2.75) is 19.3 Å². The minimum atomic E-state index is -3.37. The number of sulfonamides is 1. The van der Waals surface area contributed by atoms with Crippen LogP contribution in [0.1, 0.15) is 18.4 Å². The van der Waals surface area contributed by atoms with Gasteiger partial charge in [-0.05, 0) is 42.9 Å². The topological polar surface area (TPSA) is 70.0 Å². The molecule has 3 heterocycles. The van der Waals surface area contributed by atoms with Crippen molar-refractivity contribution in [3.8, 4) is 0 Å². The van der Waals surface area contributed by atoms with Gasteiger partial charge in [0.1, 0.15) is 5.84 Å². The van der Waals surface area contributed by atoms with Gasteiger partial charge in [-0.1, -0.05) is 30.3 Å². The summed E-state index contributed by atoms with van der Waals surface area (Å²) in [4.78, 5) is 16.5. The van der Waals surface area contributed by atoms with E-state index in [0.717, 1.165) is 32.4 Å². The molecule has 1 aromatic rings. The first-order chi connectivity index (χ1) is 13.0. The first-order valence-electron chi connectivity index (χ1n) is 9.32. The maximum atomic E-state index is 12.8. The number of amides is 1. The number of hydrogen-bond acceptors (Lipinski definition) is 4. The summed E-state index contributed by atoms with van der Waals surface area (Å²) in [5.41, 5.74) is 1.95. The average Bonchev–Trinajstić information content (AvgIpc) is 2.68. The van der Waals surface area contributed by atoms with Crippen LogP contribution in [0.25, 0.3) is 0 Å². The fourth-order valence-corrected chi connectivity index (χ4v) is 4.77. The number of fused-ring (bicyclic) bond motifs is 1. The predicted octanol–water partition coefficient (Wildman–Crippen LogP) is 1.97. The summed E-state index contributed by atoms with van der Waals surface area (Å²) < 4.78 is 26.9. The van der Waals surface area contributed by atoms with Crippen LogP contribution >= 0.6 is 0 Å². The highest BCUT2D eigenvalue weighted by Gasteiger charge is 2.28. The largest absolute Gasteiger partial charge is 0.339 e. The first kappa shape index (κ1) is 18.0. The molecular formula is C20H23N3O3S. The lowest BCUT2D eigenvalue weighted by Gasteiger charge is -2.33. The maximum Gasteiger partial charge on any atom is 0.256 e. The second-order valence-corrected chi connectivity index (χ2v) is 9.03. The first-order valence-corrected chi connectivity index (χ1v) is 10.9. The van der Waals surface area contributed by atoms with E-state index < -0.39 is 10.0 Å². The van der Waals surface area contributed by atoms with Crippen molar-refractivity contribution < 1.29 is 13.2 Å². The minimum Gasteiger partial charge on any atom is -0.339 e. The van der Waals surface area contributed by atoms with E-state index in [1.807, 2.05) is 11.0 Å². The van der Waals surface area contributed by atoms with Gasteiger partial charge in [0.15, 0.2) is 0 Å². The van der Waals surface area contributed by atoms with E-state index in [2.05, 4.69) is 28.7 Å². The molecule has 0 aromatic heterocycles. The lowest BCUT2D eigenvalue weighted by atomic mass is 9.90. The molecule has 3 aliphatic heterocycles. The van der Waals surface area contributed by atoms with Crippen molar-refractivity contribution >= 4 is 21.8 Å². The number of carbonyl (C=O) groups excluding carboxylic acids is 1. The Morgan fingerprint density at radius 2 is 1.81 bits per heavy atom. The highest BCUT2D eigenvalue weighted by atomic mass is 32.2. The molecule has 7 heteroatoms. The van der Waals surface area contributed by atoms with Crippen molar-refractivity contribution in [2.24, 2.45) is 10.3 Å². The lowest BCUT2D eigenvalue weighted by molar-refractivity contribution is -0.128. The number of benzene rings is 1. The Bertz CT molecular complexity index is 911. The van der Waals surface area contributed by atoms with Crippen LogP contribution in [-0.2, 0) is 21.2 Å². The molecule has 1 fully saturated rings. The molecule has 0 aliphatic carbocycles. The third kappa shape index (κ3) is 4.13. The zero-order valence-corrected chi connectivity index (χ0v) is 15.9. The zero-order chi connectivity index (χ0) is 18.9. The number of amidine groups is 1. The second-order valence-electron chi connectivity index (χ2n) is 7.27. The monoisotopic (exact) mass is 385 g/mol. The Hall–Kier alpha value is -2.41. The van der Waals surface area contributed by atoms with E-state index in [4.69, 9.17) is 0 Å². The fourth-order valence-electron chi connectivity index (χ4n) is 3.80. The summed E-state index contributed by atoms with van der Waals surface area (Å²) in [7, 11) is -3.37. The van der Waals surface area contributed by atoms with Gasteiger partial charge >= 0.3 is 0 Å². The van der Waals surface area contributed by atoms with Gasteiger partial charge in [-0.2, -0.15) is 0 Å². The molecule has 0 radical (unpaired) electrons. The smallest absolute Gasteiger partial charge is 0.256 e. The molecule has 0 bridgehead atoms. The van der Waals surface area contributed by atoms with Gasteiger partial charge in [0.25, 0.3) is 15.9 Å². The van der Waals surface area contributed by atoms with Crippen LogP contribution in [0.3, 0.4) is 0 Å². The van der Waals surface area contributed by atoms with Crippen molar-refractivity contribution in [3.05, 3.63) is 59.8 Å². The van der Waals surface area contributed by atoms with Crippen molar-refractivity contribution in [3.63, 3.8) is 0 Å². The van der Waals surface area contributed by atoms with Gasteiger partial charge in [-0.15, -0.1) is 4.40 Å². The Morgan fingerprint density at radius 3 is 2.56 bits per heavy atom. The van der Waals surface area contributed by atoms with Crippen LogP contribution in [0.5, 0.6) is 0 Å². The van der Waals surface area contributed by atoms with E-state index in [-0.39, 0.29) is 11.7 Å². The fraction of sp³-hybridized carbons (Fsp3) is 0.400. The quantitative estimate of drug-likeness (QED) is 0.798. The average molecular weight is 385 g/mol. The number of rotatable bonds is 3. The van der Waals surface area contributed by atoms with Gasteiger partial charge in [0.05, 0.1) is 11.3 Å². The summed E-state index contributed by atoms with van der Waals surface area (Å²) in [6, 6.07) is 10.5. The third-order valence-corrected chi connectivity index (χ3v) is 6.50. The van der Waals surface area contributed by atoms with Crippen molar-refractivity contribution in [2.75, 3.05) is 25.4 Å². The standard InChI is InChI=1S/C20H23N3O3S/c24-20(18-6-7-19-21-27(25,26)13-12-23(19)15-18)22-10-8-17(9-11-22)14-16-4-2-1-3-5-16/h1-7,15,17H,8-14H2. The van der Waals surface area contributed by atoms with Crippen LogP contribution in [0.2, 0.25) is 0 Å². The highest BCUT2D eigenvalue weighted by molar-refractivity contribution is 7.90. The van der Waals surface area contributed by atoms with Gasteiger partial charge in [0.2, 0.25) is 0 Å². The number of likely N-dealkylation sites (tertiary alicyclic amines) is 1. The molecule has 1 amide bonds. The predicted molar refractivity (Wildman–Crippen MR) is 105 cm³/mol. The van der Waals surface area contributed by atoms with E-state index in [1.165, 1.54) is 5.56 Å². The Labute approximate surface area is 159 Å². The molecular weight excluding hydrogens is 362 g/mol. The molecule has 27 heavy (non-hydrogen) atoms. The second kappa shape index (κ2) is 7.31. The summed E-state index contributed by atoms with van der Waals surface area (Å²) >= 11 is 0. The number of piperidine rings is 1. The van der Waals surface area contributed by atoms with Gasteiger partial charge < -0.3 is 9.80 Å². The van der Waals surface area contributed by atoms with E-state index in [9.17, 15) is 13.2 Å². The van der Waals surface area contributed by atoms with Crippen LogP contribution in [0, 0.1) is 5.92 Å². The molecule has 0 unspecified atom stereocenters. The molecule has 142 valence electrons. The lowest BCUT2D eigenvalue weighted by Crippen LogP contribution is -2.42. The van der Waals surface area contributed by atoms with Gasteiger partial charge in [0, 0.05) is 25.8 Å².